The van der Waals surface area contributed by atoms with Crippen molar-refractivity contribution in [2.24, 2.45) is 7.05 Å². The van der Waals surface area contributed by atoms with Crippen LogP contribution in [0.2, 0.25) is 0 Å². The number of benzene rings is 1. The smallest absolute Gasteiger partial charge is 0.245 e. The lowest BCUT2D eigenvalue weighted by Crippen LogP contribution is -2.48. The average Bonchev–Trinajstić information content (AvgIpc) is 3.47. The largest absolute Gasteiger partial charge is 0.383 e. The van der Waals surface area contributed by atoms with Crippen LogP contribution in [0.15, 0.2) is 43.2 Å². The van der Waals surface area contributed by atoms with E-state index in [1.54, 1.807) is 0 Å². The molecule has 184 valence electrons. The van der Waals surface area contributed by atoms with Gasteiger partial charge in [-0.2, -0.15) is 0 Å². The van der Waals surface area contributed by atoms with Gasteiger partial charge in [-0.1, -0.05) is 18.7 Å². The molecule has 2 fully saturated rings. The maximum Gasteiger partial charge on any atom is 0.245 e. The summed E-state index contributed by atoms with van der Waals surface area (Å²) < 4.78 is 2.13. The van der Waals surface area contributed by atoms with Crippen LogP contribution in [0.5, 0.6) is 0 Å². The number of likely N-dealkylation sites (tertiary alicyclic amines) is 1. The molecule has 0 spiro atoms. The first-order valence-electron chi connectivity index (χ1n) is 12.5. The number of hydrogen-bond acceptors (Lipinski definition) is 6. The van der Waals surface area contributed by atoms with E-state index in [0.717, 1.165) is 67.0 Å². The number of hydrogen-bond donors (Lipinski definition) is 1. The molecule has 0 bridgehead atoms. The Kier molecular flexibility index (Phi) is 6.23. The molecule has 2 aliphatic heterocycles. The van der Waals surface area contributed by atoms with Gasteiger partial charge in [-0.15, -0.1) is 0 Å². The van der Waals surface area contributed by atoms with Gasteiger partial charge in [0.25, 0.3) is 0 Å². The summed E-state index contributed by atoms with van der Waals surface area (Å²) in [5.74, 6) is 0.656. The Morgan fingerprint density at radius 3 is 2.49 bits per heavy atom. The van der Waals surface area contributed by atoms with Gasteiger partial charge >= 0.3 is 0 Å². The Morgan fingerprint density at radius 1 is 1.11 bits per heavy atom. The molecule has 1 amide bonds. The molecule has 35 heavy (non-hydrogen) atoms. The lowest BCUT2D eigenvalue weighted by molar-refractivity contribution is -0.125. The van der Waals surface area contributed by atoms with Crippen LogP contribution in [0, 0.1) is 0 Å². The third-order valence-electron chi connectivity index (χ3n) is 7.67. The van der Waals surface area contributed by atoms with Crippen molar-refractivity contribution in [1.82, 2.24) is 24.3 Å². The predicted octanol–water partition coefficient (Wildman–Crippen LogP) is 3.25. The zero-order valence-corrected chi connectivity index (χ0v) is 20.9. The number of nitrogens with zero attached hydrogens (tertiary/aromatic N) is 6. The Balaban J connectivity index is 1.51. The first kappa shape index (κ1) is 23.4. The standard InChI is InChI=1S/C27H35N7O/c1-5-22(35)34-11-10-20(16-34)25-23(24-26(28)29-17-30-27(24)31(25)4)19-6-8-21(9-7-19)33-14-12-32(13-15-33)18(2)3/h5-9,17-18,20H,1,10-16H2,2-4H3,(H2,28,29,30). The topological polar surface area (TPSA) is 83.5 Å². The molecule has 0 aliphatic carbocycles. The fourth-order valence-electron chi connectivity index (χ4n) is 5.71. The van der Waals surface area contributed by atoms with Crippen molar-refractivity contribution in [2.75, 3.05) is 49.9 Å². The second-order valence-electron chi connectivity index (χ2n) is 9.91. The minimum atomic E-state index is -0.0194. The highest BCUT2D eigenvalue weighted by Gasteiger charge is 2.32. The molecule has 5 rings (SSSR count). The zero-order valence-electron chi connectivity index (χ0n) is 20.9. The minimum Gasteiger partial charge on any atom is -0.383 e. The number of fused-ring (bicyclic) bond motifs is 1. The molecule has 1 unspecified atom stereocenters. The summed E-state index contributed by atoms with van der Waals surface area (Å²) in [7, 11) is 2.04. The van der Waals surface area contributed by atoms with E-state index in [9.17, 15) is 4.79 Å². The van der Waals surface area contributed by atoms with E-state index in [1.807, 2.05) is 11.9 Å². The van der Waals surface area contributed by atoms with Crippen LogP contribution in [0.1, 0.15) is 31.9 Å². The molecule has 3 aromatic rings. The van der Waals surface area contributed by atoms with Crippen LogP contribution in [0.3, 0.4) is 0 Å². The summed E-state index contributed by atoms with van der Waals surface area (Å²) in [5.41, 5.74) is 11.8. The Morgan fingerprint density at radius 2 is 1.83 bits per heavy atom. The predicted molar refractivity (Wildman–Crippen MR) is 141 cm³/mol. The van der Waals surface area contributed by atoms with Crippen molar-refractivity contribution < 1.29 is 4.79 Å². The maximum absolute atomic E-state index is 12.3. The molecule has 2 saturated heterocycles. The van der Waals surface area contributed by atoms with Crippen molar-refractivity contribution in [1.29, 1.82) is 0 Å². The second-order valence-corrected chi connectivity index (χ2v) is 9.91. The maximum atomic E-state index is 12.3. The quantitative estimate of drug-likeness (QED) is 0.573. The van der Waals surface area contributed by atoms with E-state index in [2.05, 4.69) is 69.0 Å². The fraction of sp³-hybridized carbons (Fsp3) is 0.444. The van der Waals surface area contributed by atoms with Gasteiger partial charge in [-0.05, 0) is 44.0 Å². The Bertz CT molecular complexity index is 1240. The SMILES string of the molecule is C=CC(=O)N1CCC(c2c(-c3ccc(N4CCN(C(C)C)CC4)cc3)c3c(N)ncnc3n2C)C1. The van der Waals surface area contributed by atoms with E-state index >= 15 is 0 Å². The van der Waals surface area contributed by atoms with Crippen molar-refractivity contribution in [2.45, 2.75) is 32.2 Å². The molecular weight excluding hydrogens is 438 g/mol. The van der Waals surface area contributed by atoms with Gasteiger partial charge in [0.15, 0.2) is 0 Å². The summed E-state index contributed by atoms with van der Waals surface area (Å²) in [4.78, 5) is 28.0. The van der Waals surface area contributed by atoms with E-state index in [0.29, 0.717) is 18.4 Å². The number of carbonyl (C=O) groups is 1. The number of aryl methyl sites for hydroxylation is 1. The molecule has 1 atom stereocenters. The first-order chi connectivity index (χ1) is 16.9. The Labute approximate surface area is 207 Å². The fourth-order valence-corrected chi connectivity index (χ4v) is 5.71. The highest BCUT2D eigenvalue weighted by atomic mass is 16.2. The van der Waals surface area contributed by atoms with Crippen LogP contribution in [0.25, 0.3) is 22.2 Å². The number of aromatic nitrogens is 3. The lowest BCUT2D eigenvalue weighted by atomic mass is 9.94. The van der Waals surface area contributed by atoms with Crippen molar-refractivity contribution >= 4 is 28.4 Å². The van der Waals surface area contributed by atoms with Crippen molar-refractivity contribution in [3.8, 4) is 11.1 Å². The number of nitrogen functional groups attached to an aromatic ring is 1. The van der Waals surface area contributed by atoms with Crippen molar-refractivity contribution in [3.63, 3.8) is 0 Å². The highest BCUT2D eigenvalue weighted by molar-refractivity contribution is 6.02. The van der Waals surface area contributed by atoms with E-state index in [1.165, 1.54) is 18.1 Å². The molecule has 1 aromatic carbocycles. The normalized spacial score (nSPS) is 19.1. The van der Waals surface area contributed by atoms with Crippen LogP contribution in [-0.2, 0) is 11.8 Å². The summed E-state index contributed by atoms with van der Waals surface area (Å²) in [6.45, 7) is 13.8. The van der Waals surface area contributed by atoms with Gasteiger partial charge < -0.3 is 20.1 Å². The molecular formula is C27H35N7O. The van der Waals surface area contributed by atoms with E-state index in [4.69, 9.17) is 5.73 Å². The lowest BCUT2D eigenvalue weighted by Gasteiger charge is -2.38. The Hall–Kier alpha value is -3.39. The van der Waals surface area contributed by atoms with Crippen LogP contribution >= 0.6 is 0 Å². The summed E-state index contributed by atoms with van der Waals surface area (Å²) in [5, 5.41) is 0.886. The van der Waals surface area contributed by atoms with Gasteiger partial charge in [-0.3, -0.25) is 9.69 Å². The van der Waals surface area contributed by atoms with E-state index in [-0.39, 0.29) is 11.8 Å². The highest BCUT2D eigenvalue weighted by Crippen LogP contribution is 2.42. The van der Waals surface area contributed by atoms with Gasteiger partial charge in [0.1, 0.15) is 17.8 Å². The van der Waals surface area contributed by atoms with Crippen molar-refractivity contribution in [3.05, 3.63) is 48.9 Å². The number of nitrogens with two attached hydrogens (primary N) is 1. The molecule has 0 saturated carbocycles. The first-order valence-corrected chi connectivity index (χ1v) is 12.5. The summed E-state index contributed by atoms with van der Waals surface area (Å²) in [6, 6.07) is 9.40. The molecule has 4 heterocycles. The van der Waals surface area contributed by atoms with Gasteiger partial charge in [0.05, 0.1) is 5.39 Å². The number of carbonyl (C=O) groups excluding carboxylic acids is 1. The van der Waals surface area contributed by atoms with Gasteiger partial charge in [0.2, 0.25) is 5.91 Å². The van der Waals surface area contributed by atoms with Gasteiger partial charge in [0, 0.05) is 75.2 Å². The minimum absolute atomic E-state index is 0.0194. The number of amides is 1. The molecule has 2 aliphatic rings. The van der Waals surface area contributed by atoms with E-state index < -0.39 is 0 Å². The molecule has 8 heteroatoms. The number of anilines is 2. The second kappa shape index (κ2) is 9.34. The monoisotopic (exact) mass is 473 g/mol. The molecule has 0 radical (unpaired) electrons. The zero-order chi connectivity index (χ0) is 24.7. The average molecular weight is 474 g/mol. The molecule has 8 nitrogen and oxygen atoms in total. The molecule has 2 N–H and O–H groups in total. The molecule has 2 aromatic heterocycles. The van der Waals surface area contributed by atoms with Crippen LogP contribution in [0.4, 0.5) is 11.5 Å². The third-order valence-corrected chi connectivity index (χ3v) is 7.67. The van der Waals surface area contributed by atoms with Crippen LogP contribution in [-0.4, -0.2) is 75.6 Å². The van der Waals surface area contributed by atoms with Gasteiger partial charge in [-0.25, -0.2) is 9.97 Å². The summed E-state index contributed by atoms with van der Waals surface area (Å²) in [6.07, 6.45) is 3.81. The number of piperazine rings is 1. The summed E-state index contributed by atoms with van der Waals surface area (Å²) >= 11 is 0. The van der Waals surface area contributed by atoms with Crippen LogP contribution < -0.4 is 10.6 Å². The third kappa shape index (κ3) is 4.16. The number of rotatable bonds is 5.